The fourth-order valence-electron chi connectivity index (χ4n) is 0. The molecule has 0 aliphatic carbocycles. The summed E-state index contributed by atoms with van der Waals surface area (Å²) >= 11 is 0. The maximum absolute atomic E-state index is 0. The average Bonchev–Trinajstić information content (AvgIpc) is 0. The van der Waals surface area contributed by atoms with Crippen LogP contribution in [-0.4, -0.2) is 32.9 Å². The Morgan fingerprint density at radius 2 is 0.375 bits per heavy atom. The second-order valence-electron chi connectivity index (χ2n) is 0. The van der Waals surface area contributed by atoms with Crippen LogP contribution in [0.1, 0.15) is 0 Å². The summed E-state index contributed by atoms with van der Waals surface area (Å²) in [5, 5.41) is 0. The van der Waals surface area contributed by atoms with E-state index >= 15 is 0 Å². The fraction of sp³-hybridized carbons (Fsp3) is 0. The van der Waals surface area contributed by atoms with E-state index in [-0.39, 0.29) is 95.5 Å². The molecule has 0 saturated heterocycles. The van der Waals surface area contributed by atoms with Crippen molar-refractivity contribution in [3.05, 3.63) is 12.3 Å². The summed E-state index contributed by atoms with van der Waals surface area (Å²) < 4.78 is 0. The molecule has 0 heterocycles. The van der Waals surface area contributed by atoms with Gasteiger partial charge in [-0.15, -0.1) is 0 Å². The Morgan fingerprint density at radius 1 is 0.375 bits per heavy atom. The first kappa shape index (κ1) is 191. The van der Waals surface area contributed by atoms with Gasteiger partial charge in [0.05, 0.1) is 0 Å². The minimum absolute atomic E-state index is 0. The molecule has 0 atom stereocenters. The fourth-order valence-corrected chi connectivity index (χ4v) is 0. The van der Waals surface area contributed by atoms with Crippen LogP contribution in [0, 0.1) is 0 Å². The molecule has 0 amide bonds. The first-order valence-corrected chi connectivity index (χ1v) is 0. The van der Waals surface area contributed by atoms with Gasteiger partial charge >= 0.3 is 50.3 Å². The monoisotopic (exact) mass is 289 g/mol. The van der Waals surface area contributed by atoms with Crippen LogP contribution in [-0.2, 0) is 50.3 Å². The van der Waals surface area contributed by atoms with E-state index in [1.165, 1.54) is 0 Å². The Kier molecular flexibility index (Phi) is 3250. The number of hydrogen-bond acceptors (Lipinski definition) is 0. The zero-order valence-corrected chi connectivity index (χ0v) is 9.52. The van der Waals surface area contributed by atoms with Gasteiger partial charge < -0.3 is 12.3 Å². The Bertz CT molecular complexity index is 12.5. The van der Waals surface area contributed by atoms with E-state index in [9.17, 15) is 0 Å². The molecule has 0 aromatic heterocycles. The van der Waals surface area contributed by atoms with Crippen LogP contribution in [0.15, 0.2) is 0 Å². The van der Waals surface area contributed by atoms with Crippen molar-refractivity contribution in [2.45, 2.75) is 0 Å². The molecule has 8 heavy (non-hydrogen) atoms. The molecule has 0 saturated carbocycles. The van der Waals surface area contributed by atoms with Gasteiger partial charge in [-0.1, -0.05) is 0 Å². The Labute approximate surface area is 94.9 Å². The second kappa shape index (κ2) is 136. The van der Waals surface area contributed by atoms with E-state index in [1.54, 1.807) is 0 Å². The average molecular weight is 289 g/mol. The van der Waals surface area contributed by atoms with Gasteiger partial charge in [-0.05, 0) is 0 Å². The van der Waals surface area contributed by atoms with Crippen LogP contribution >= 0.6 is 0 Å². The topological polar surface area (TPSA) is 61.0 Å². The largest absolute Gasteiger partial charge is 3.00 e. The Morgan fingerprint density at radius 3 is 0.375 bits per heavy atom. The molecule has 0 unspecified atom stereocenters. The summed E-state index contributed by atoms with van der Waals surface area (Å²) in [6.45, 7) is 0. The van der Waals surface area contributed by atoms with Crippen LogP contribution in [0.5, 0.6) is 0 Å². The van der Waals surface area contributed by atoms with Crippen molar-refractivity contribution in [3.63, 3.8) is 0 Å². The SMILES string of the molecule is [Co+2].[Co+2].[Co+2].[N-3].[N-3].[Si].[Si].[Si]. The molecular formula is Co3N2Si3. The van der Waals surface area contributed by atoms with Gasteiger partial charge in [0.2, 0.25) is 0 Å². The van der Waals surface area contributed by atoms with Crippen molar-refractivity contribution in [2.24, 2.45) is 0 Å². The minimum Gasteiger partial charge on any atom is -3.00 e. The van der Waals surface area contributed by atoms with Gasteiger partial charge in [0.15, 0.2) is 0 Å². The van der Waals surface area contributed by atoms with E-state index < -0.39 is 0 Å². The van der Waals surface area contributed by atoms with E-state index in [0.717, 1.165) is 0 Å². The molecule has 15 radical (unpaired) electrons. The molecule has 8 heteroatoms. The summed E-state index contributed by atoms with van der Waals surface area (Å²) in [6.07, 6.45) is 0. The third-order valence-electron chi connectivity index (χ3n) is 0. The molecule has 0 bridgehead atoms. The van der Waals surface area contributed by atoms with E-state index in [2.05, 4.69) is 0 Å². The van der Waals surface area contributed by atoms with Gasteiger partial charge in [0, 0.05) is 32.9 Å². The molecule has 0 N–H and O–H groups in total. The maximum atomic E-state index is 0. The molecule has 0 fully saturated rings. The summed E-state index contributed by atoms with van der Waals surface area (Å²) in [5.41, 5.74) is 0. The van der Waals surface area contributed by atoms with Gasteiger partial charge in [-0.3, -0.25) is 0 Å². The molecular weight excluding hydrogens is 289 g/mol. The van der Waals surface area contributed by atoms with E-state index in [4.69, 9.17) is 0 Å². The normalized spacial score (nSPS) is 0. The van der Waals surface area contributed by atoms with Crippen LogP contribution in [0.3, 0.4) is 0 Å². The van der Waals surface area contributed by atoms with Gasteiger partial charge in [-0.25, -0.2) is 0 Å². The minimum atomic E-state index is 0. The third-order valence-corrected chi connectivity index (χ3v) is 0. The second-order valence-corrected chi connectivity index (χ2v) is 0. The molecule has 0 rings (SSSR count). The predicted molar refractivity (Wildman–Crippen MR) is 24.0 cm³/mol. The third kappa shape index (κ3) is 93.1. The first-order valence-electron chi connectivity index (χ1n) is 0. The predicted octanol–water partition coefficient (Wildman–Crippen LogP) is -0.573. The quantitative estimate of drug-likeness (QED) is 0.536. The summed E-state index contributed by atoms with van der Waals surface area (Å²) in [5.74, 6) is 0. The zero-order valence-electron chi connectivity index (χ0n) is 3.39. The van der Waals surface area contributed by atoms with Crippen molar-refractivity contribution in [1.29, 1.82) is 0 Å². The van der Waals surface area contributed by atoms with Crippen molar-refractivity contribution in [3.8, 4) is 0 Å². The molecule has 0 aromatic rings. The number of nitrogens with zero attached hydrogens (tertiary/aromatic N) is 2. The van der Waals surface area contributed by atoms with Crippen LogP contribution in [0.2, 0.25) is 0 Å². The molecule has 0 aliphatic rings. The van der Waals surface area contributed by atoms with Crippen molar-refractivity contribution in [2.75, 3.05) is 0 Å². The molecule has 0 spiro atoms. The van der Waals surface area contributed by atoms with Crippen molar-refractivity contribution in [1.82, 2.24) is 0 Å². The Hall–Kier alpha value is 2.09. The molecule has 2 nitrogen and oxygen atoms in total. The van der Waals surface area contributed by atoms with Gasteiger partial charge in [-0.2, -0.15) is 0 Å². The number of rotatable bonds is 0. The molecule has 0 aliphatic heterocycles. The standard InChI is InChI=1S/3Co.2N.3Si/q3*+2;2*-3;;;. The van der Waals surface area contributed by atoms with Crippen molar-refractivity contribution >= 4 is 32.9 Å². The first-order chi connectivity index (χ1) is 0. The summed E-state index contributed by atoms with van der Waals surface area (Å²) in [4.78, 5) is 0. The van der Waals surface area contributed by atoms with Crippen LogP contribution in [0.4, 0.5) is 0 Å². The van der Waals surface area contributed by atoms with Gasteiger partial charge in [0.1, 0.15) is 0 Å². The van der Waals surface area contributed by atoms with Crippen molar-refractivity contribution < 1.29 is 50.3 Å². The maximum Gasteiger partial charge on any atom is 2.00 e. The van der Waals surface area contributed by atoms with E-state index in [0.29, 0.717) is 0 Å². The summed E-state index contributed by atoms with van der Waals surface area (Å²) in [7, 11) is 0. The number of hydrogen-bond donors (Lipinski definition) is 0. The van der Waals surface area contributed by atoms with E-state index in [1.807, 2.05) is 0 Å². The summed E-state index contributed by atoms with van der Waals surface area (Å²) in [6, 6.07) is 0. The van der Waals surface area contributed by atoms with Gasteiger partial charge in [0.25, 0.3) is 0 Å². The smallest absolute Gasteiger partial charge is 2.00 e. The van der Waals surface area contributed by atoms with Crippen LogP contribution < -0.4 is 0 Å². The molecule has 0 aromatic carbocycles. The molecule has 49 valence electrons. The Balaban J connectivity index is 0. The van der Waals surface area contributed by atoms with Crippen LogP contribution in [0.25, 0.3) is 12.3 Å². The zero-order chi connectivity index (χ0) is 0.